The average molecular weight is 434 g/mol. The molecule has 0 atom stereocenters. The molecule has 10 heteroatoms. The SMILES string of the molecule is COCCNS(=O)(=O)c1ccc(Br)c(C(=O)Nc2ncc(C)s2)c1. The molecule has 2 aromatic rings. The van der Waals surface area contributed by atoms with Crippen molar-refractivity contribution in [3.8, 4) is 0 Å². The lowest BCUT2D eigenvalue weighted by atomic mass is 10.2. The van der Waals surface area contributed by atoms with Gasteiger partial charge in [0.15, 0.2) is 5.13 Å². The van der Waals surface area contributed by atoms with Crippen molar-refractivity contribution in [1.82, 2.24) is 9.71 Å². The Hall–Kier alpha value is -1.33. The van der Waals surface area contributed by atoms with Gasteiger partial charge in [-0.3, -0.25) is 10.1 Å². The standard InChI is InChI=1S/C14H16BrN3O4S2/c1-9-8-16-14(23-9)18-13(19)11-7-10(3-4-12(11)15)24(20,21)17-5-6-22-2/h3-4,7-8,17H,5-6H2,1-2H3,(H,16,18,19). The van der Waals surface area contributed by atoms with E-state index in [0.29, 0.717) is 9.60 Å². The number of benzene rings is 1. The molecule has 0 aliphatic rings. The Bertz CT molecular complexity index is 836. The number of nitrogens with zero attached hydrogens (tertiary/aromatic N) is 1. The van der Waals surface area contributed by atoms with E-state index in [-0.39, 0.29) is 23.6 Å². The maximum Gasteiger partial charge on any atom is 0.258 e. The maximum atomic E-state index is 12.4. The number of hydrogen-bond acceptors (Lipinski definition) is 6. The lowest BCUT2D eigenvalue weighted by Gasteiger charge is -2.09. The number of aromatic nitrogens is 1. The number of hydrogen-bond donors (Lipinski definition) is 2. The predicted octanol–water partition coefficient (Wildman–Crippen LogP) is 2.39. The number of carbonyl (C=O) groups is 1. The Morgan fingerprint density at radius 2 is 2.17 bits per heavy atom. The van der Waals surface area contributed by atoms with Gasteiger partial charge in [-0.05, 0) is 41.1 Å². The van der Waals surface area contributed by atoms with Crippen molar-refractivity contribution >= 4 is 48.3 Å². The molecule has 1 amide bonds. The molecule has 24 heavy (non-hydrogen) atoms. The molecule has 0 aliphatic carbocycles. The molecule has 0 bridgehead atoms. The molecule has 0 saturated heterocycles. The Morgan fingerprint density at radius 3 is 2.79 bits per heavy atom. The van der Waals surface area contributed by atoms with Gasteiger partial charge in [-0.2, -0.15) is 0 Å². The van der Waals surface area contributed by atoms with Gasteiger partial charge >= 0.3 is 0 Å². The quantitative estimate of drug-likeness (QED) is 0.653. The summed E-state index contributed by atoms with van der Waals surface area (Å²) < 4.78 is 32.2. The average Bonchev–Trinajstić information content (AvgIpc) is 2.92. The van der Waals surface area contributed by atoms with Crippen LogP contribution in [0.15, 0.2) is 33.8 Å². The van der Waals surface area contributed by atoms with E-state index in [4.69, 9.17) is 4.74 Å². The van der Waals surface area contributed by atoms with Crippen LogP contribution in [-0.4, -0.2) is 39.6 Å². The highest BCUT2D eigenvalue weighted by Gasteiger charge is 2.19. The summed E-state index contributed by atoms with van der Waals surface area (Å²) >= 11 is 4.60. The van der Waals surface area contributed by atoms with Crippen LogP contribution in [0.2, 0.25) is 0 Å². The second-order valence-electron chi connectivity index (χ2n) is 4.76. The molecule has 0 fully saturated rings. The van der Waals surface area contributed by atoms with E-state index in [1.807, 2.05) is 6.92 Å². The predicted molar refractivity (Wildman–Crippen MR) is 96.0 cm³/mol. The smallest absolute Gasteiger partial charge is 0.258 e. The fourth-order valence-corrected chi connectivity index (χ4v) is 3.91. The minimum atomic E-state index is -3.72. The van der Waals surface area contributed by atoms with Gasteiger partial charge < -0.3 is 4.74 Å². The van der Waals surface area contributed by atoms with Gasteiger partial charge in [0.05, 0.1) is 17.1 Å². The summed E-state index contributed by atoms with van der Waals surface area (Å²) in [5.74, 6) is -0.440. The van der Waals surface area contributed by atoms with E-state index in [1.54, 1.807) is 6.20 Å². The van der Waals surface area contributed by atoms with Crippen molar-refractivity contribution in [2.75, 3.05) is 25.6 Å². The molecule has 2 rings (SSSR count). The molecule has 1 heterocycles. The molecule has 0 radical (unpaired) electrons. The summed E-state index contributed by atoms with van der Waals surface area (Å²) in [6.07, 6.45) is 1.65. The van der Waals surface area contributed by atoms with Crippen LogP contribution in [0.5, 0.6) is 0 Å². The lowest BCUT2D eigenvalue weighted by molar-refractivity contribution is 0.102. The first-order valence-electron chi connectivity index (χ1n) is 6.85. The van der Waals surface area contributed by atoms with Crippen LogP contribution in [0, 0.1) is 6.92 Å². The summed E-state index contributed by atoms with van der Waals surface area (Å²) in [5.41, 5.74) is 0.206. The number of aryl methyl sites for hydroxylation is 1. The normalized spacial score (nSPS) is 11.5. The molecule has 2 N–H and O–H groups in total. The molecule has 0 aliphatic heterocycles. The number of anilines is 1. The highest BCUT2D eigenvalue weighted by Crippen LogP contribution is 2.23. The van der Waals surface area contributed by atoms with Crippen LogP contribution < -0.4 is 10.0 Å². The van der Waals surface area contributed by atoms with E-state index in [1.165, 1.54) is 36.6 Å². The van der Waals surface area contributed by atoms with Gasteiger partial charge in [-0.1, -0.05) is 0 Å². The minimum absolute atomic E-state index is 0.00210. The second kappa shape index (κ2) is 8.17. The van der Waals surface area contributed by atoms with Crippen molar-refractivity contribution in [3.05, 3.63) is 39.3 Å². The Kier molecular flexibility index (Phi) is 6.47. The van der Waals surface area contributed by atoms with Gasteiger partial charge in [0.25, 0.3) is 5.91 Å². The van der Waals surface area contributed by atoms with Crippen LogP contribution in [0.1, 0.15) is 15.2 Å². The second-order valence-corrected chi connectivity index (χ2v) is 8.62. The highest BCUT2D eigenvalue weighted by molar-refractivity contribution is 9.10. The van der Waals surface area contributed by atoms with E-state index in [0.717, 1.165) is 4.88 Å². The molecule has 0 unspecified atom stereocenters. The summed E-state index contributed by atoms with van der Waals surface area (Å²) in [4.78, 5) is 17.4. The molecular weight excluding hydrogens is 418 g/mol. The van der Waals surface area contributed by atoms with Crippen molar-refractivity contribution in [3.63, 3.8) is 0 Å². The third kappa shape index (κ3) is 4.84. The van der Waals surface area contributed by atoms with Gasteiger partial charge in [-0.15, -0.1) is 11.3 Å². The van der Waals surface area contributed by atoms with E-state index in [2.05, 4.69) is 31.0 Å². The Morgan fingerprint density at radius 1 is 1.42 bits per heavy atom. The van der Waals surface area contributed by atoms with Crippen LogP contribution >= 0.6 is 27.3 Å². The van der Waals surface area contributed by atoms with Crippen molar-refractivity contribution in [2.45, 2.75) is 11.8 Å². The van der Waals surface area contributed by atoms with Crippen molar-refractivity contribution < 1.29 is 17.9 Å². The number of carbonyl (C=O) groups excluding carboxylic acids is 1. The number of sulfonamides is 1. The topological polar surface area (TPSA) is 97.4 Å². The number of rotatable bonds is 7. The monoisotopic (exact) mass is 433 g/mol. The van der Waals surface area contributed by atoms with Crippen LogP contribution in [0.3, 0.4) is 0 Å². The zero-order valence-corrected chi connectivity index (χ0v) is 16.2. The molecule has 130 valence electrons. The number of methoxy groups -OCH3 is 1. The van der Waals surface area contributed by atoms with Crippen LogP contribution in [-0.2, 0) is 14.8 Å². The van der Waals surface area contributed by atoms with Crippen LogP contribution in [0.25, 0.3) is 0 Å². The molecule has 7 nitrogen and oxygen atoms in total. The van der Waals surface area contributed by atoms with E-state index < -0.39 is 15.9 Å². The molecular formula is C14H16BrN3O4S2. The molecule has 1 aromatic carbocycles. The van der Waals surface area contributed by atoms with E-state index in [9.17, 15) is 13.2 Å². The summed E-state index contributed by atoms with van der Waals surface area (Å²) in [5, 5.41) is 3.11. The number of amides is 1. The highest BCUT2D eigenvalue weighted by atomic mass is 79.9. The van der Waals surface area contributed by atoms with Crippen LogP contribution in [0.4, 0.5) is 5.13 Å². The molecule has 0 spiro atoms. The molecule has 0 saturated carbocycles. The fraction of sp³-hybridized carbons (Fsp3) is 0.286. The zero-order chi connectivity index (χ0) is 17.7. The van der Waals surface area contributed by atoms with Crippen molar-refractivity contribution in [1.29, 1.82) is 0 Å². The Balaban J connectivity index is 2.23. The number of nitrogens with one attached hydrogen (secondary N) is 2. The lowest BCUT2D eigenvalue weighted by Crippen LogP contribution is -2.27. The summed E-state index contributed by atoms with van der Waals surface area (Å²) in [6, 6.07) is 4.26. The van der Waals surface area contributed by atoms with Crippen molar-refractivity contribution in [2.24, 2.45) is 0 Å². The van der Waals surface area contributed by atoms with Gasteiger partial charge in [0, 0.05) is 29.2 Å². The maximum absolute atomic E-state index is 12.4. The first-order chi connectivity index (χ1) is 11.3. The third-order valence-corrected chi connectivity index (χ3v) is 5.91. The Labute approximate surface area is 152 Å². The first-order valence-corrected chi connectivity index (χ1v) is 9.94. The van der Waals surface area contributed by atoms with Gasteiger partial charge in [-0.25, -0.2) is 18.1 Å². The third-order valence-electron chi connectivity index (χ3n) is 2.93. The molecule has 1 aromatic heterocycles. The fourth-order valence-electron chi connectivity index (χ4n) is 1.78. The zero-order valence-electron chi connectivity index (χ0n) is 13.0. The van der Waals surface area contributed by atoms with Gasteiger partial charge in [0.2, 0.25) is 10.0 Å². The number of thiazole rings is 1. The summed E-state index contributed by atoms with van der Waals surface area (Å²) in [7, 11) is -2.24. The number of ether oxygens (including phenoxy) is 1. The van der Waals surface area contributed by atoms with Gasteiger partial charge in [0.1, 0.15) is 0 Å². The largest absolute Gasteiger partial charge is 0.383 e. The minimum Gasteiger partial charge on any atom is -0.383 e. The van der Waals surface area contributed by atoms with E-state index >= 15 is 0 Å². The summed E-state index contributed by atoms with van der Waals surface area (Å²) in [6.45, 7) is 2.28. The number of halogens is 1. The first kappa shape index (κ1) is 19.0.